The van der Waals surface area contributed by atoms with Crippen LogP contribution in [0.25, 0.3) is 0 Å². The molecule has 0 bridgehead atoms. The summed E-state index contributed by atoms with van der Waals surface area (Å²) in [6, 6.07) is 0. The van der Waals surface area contributed by atoms with Gasteiger partial charge in [0.05, 0.1) is 16.1 Å². The number of aromatic nitrogens is 1. The molecule has 1 aliphatic heterocycles. The SMILES string of the molecule is OC[C@H]1CCN(Cc2c(Cl)cncc2Cl)C[C@@H]1O. The van der Waals surface area contributed by atoms with E-state index >= 15 is 0 Å². The Balaban J connectivity index is 2.03. The number of pyridine rings is 1. The predicted molar refractivity (Wildman–Crippen MR) is 70.7 cm³/mol. The van der Waals surface area contributed by atoms with Gasteiger partial charge in [-0.05, 0) is 13.0 Å². The number of hydrogen-bond acceptors (Lipinski definition) is 4. The highest BCUT2D eigenvalue weighted by Gasteiger charge is 2.27. The lowest BCUT2D eigenvalue weighted by atomic mass is 9.94. The number of hydrogen-bond donors (Lipinski definition) is 2. The van der Waals surface area contributed by atoms with Gasteiger partial charge in [0.25, 0.3) is 0 Å². The Morgan fingerprint density at radius 2 is 2.00 bits per heavy atom. The summed E-state index contributed by atoms with van der Waals surface area (Å²) in [6.45, 7) is 1.97. The van der Waals surface area contributed by atoms with Crippen LogP contribution >= 0.6 is 23.2 Å². The van der Waals surface area contributed by atoms with Crippen LogP contribution in [0, 0.1) is 5.92 Å². The van der Waals surface area contributed by atoms with Crippen molar-refractivity contribution in [2.24, 2.45) is 5.92 Å². The summed E-state index contributed by atoms with van der Waals surface area (Å²) in [5.74, 6) is -0.0235. The maximum atomic E-state index is 9.88. The van der Waals surface area contributed by atoms with Gasteiger partial charge in [-0.2, -0.15) is 0 Å². The summed E-state index contributed by atoms with van der Waals surface area (Å²) < 4.78 is 0. The van der Waals surface area contributed by atoms with Crippen LogP contribution < -0.4 is 0 Å². The number of halogens is 2. The summed E-state index contributed by atoms with van der Waals surface area (Å²) >= 11 is 12.1. The Labute approximate surface area is 116 Å². The molecule has 0 aliphatic carbocycles. The zero-order valence-corrected chi connectivity index (χ0v) is 11.4. The molecular formula is C12H16Cl2N2O2. The Kier molecular flexibility index (Phi) is 4.81. The van der Waals surface area contributed by atoms with E-state index < -0.39 is 6.10 Å². The van der Waals surface area contributed by atoms with Gasteiger partial charge in [0, 0.05) is 43.6 Å². The zero-order chi connectivity index (χ0) is 13.1. The summed E-state index contributed by atoms with van der Waals surface area (Å²) in [4.78, 5) is 6.00. The monoisotopic (exact) mass is 290 g/mol. The molecule has 1 aromatic heterocycles. The normalized spacial score (nSPS) is 25.3. The molecule has 0 amide bonds. The van der Waals surface area contributed by atoms with Crippen molar-refractivity contribution in [3.63, 3.8) is 0 Å². The lowest BCUT2D eigenvalue weighted by Crippen LogP contribution is -2.44. The third-order valence-corrected chi connectivity index (χ3v) is 4.03. The molecular weight excluding hydrogens is 275 g/mol. The van der Waals surface area contributed by atoms with Crippen molar-refractivity contribution < 1.29 is 10.2 Å². The van der Waals surface area contributed by atoms with Crippen LogP contribution in [0.15, 0.2) is 12.4 Å². The van der Waals surface area contributed by atoms with E-state index in [1.165, 1.54) is 0 Å². The first kappa shape index (κ1) is 14.0. The van der Waals surface area contributed by atoms with Gasteiger partial charge < -0.3 is 10.2 Å². The molecule has 4 nitrogen and oxygen atoms in total. The average Bonchev–Trinajstić information content (AvgIpc) is 2.34. The number of aliphatic hydroxyl groups excluding tert-OH is 2. The molecule has 1 fully saturated rings. The van der Waals surface area contributed by atoms with Gasteiger partial charge in [0.15, 0.2) is 0 Å². The van der Waals surface area contributed by atoms with E-state index in [1.807, 2.05) is 0 Å². The molecule has 0 unspecified atom stereocenters. The fourth-order valence-corrected chi connectivity index (χ4v) is 2.70. The highest BCUT2D eigenvalue weighted by atomic mass is 35.5. The second-order valence-electron chi connectivity index (χ2n) is 4.62. The van der Waals surface area contributed by atoms with Gasteiger partial charge >= 0.3 is 0 Å². The van der Waals surface area contributed by atoms with E-state index in [1.54, 1.807) is 12.4 Å². The first-order chi connectivity index (χ1) is 8.61. The molecule has 0 spiro atoms. The molecule has 2 atom stereocenters. The van der Waals surface area contributed by atoms with Crippen LogP contribution in [0.3, 0.4) is 0 Å². The molecule has 2 N–H and O–H groups in total. The van der Waals surface area contributed by atoms with Crippen molar-refractivity contribution >= 4 is 23.2 Å². The lowest BCUT2D eigenvalue weighted by molar-refractivity contribution is -0.00443. The molecule has 6 heteroatoms. The fourth-order valence-electron chi connectivity index (χ4n) is 2.21. The standard InChI is InChI=1S/C12H16Cl2N2O2/c13-10-3-15-4-11(14)9(10)5-16-2-1-8(7-17)12(18)6-16/h3-4,8,12,17-18H,1-2,5-7H2/t8-,12+/m1/s1. The molecule has 1 aliphatic rings. The second kappa shape index (κ2) is 6.17. The van der Waals surface area contributed by atoms with Crippen molar-refractivity contribution in [2.45, 2.75) is 19.1 Å². The highest BCUT2D eigenvalue weighted by Crippen LogP contribution is 2.26. The summed E-state index contributed by atoms with van der Waals surface area (Å²) in [7, 11) is 0. The number of rotatable bonds is 3. The van der Waals surface area contributed by atoms with Gasteiger partial charge in [-0.15, -0.1) is 0 Å². The van der Waals surface area contributed by atoms with E-state index in [0.29, 0.717) is 23.1 Å². The van der Waals surface area contributed by atoms with Gasteiger partial charge in [-0.3, -0.25) is 9.88 Å². The van der Waals surface area contributed by atoms with Crippen molar-refractivity contribution in [3.8, 4) is 0 Å². The smallest absolute Gasteiger partial charge is 0.0717 e. The van der Waals surface area contributed by atoms with Crippen molar-refractivity contribution in [1.29, 1.82) is 0 Å². The topological polar surface area (TPSA) is 56.6 Å². The van der Waals surface area contributed by atoms with Crippen LogP contribution in [0.2, 0.25) is 10.0 Å². The third-order valence-electron chi connectivity index (χ3n) is 3.37. The number of aliphatic hydroxyl groups is 2. The highest BCUT2D eigenvalue weighted by molar-refractivity contribution is 6.35. The Bertz CT molecular complexity index is 397. The molecule has 1 saturated heterocycles. The maximum absolute atomic E-state index is 9.88. The molecule has 0 radical (unpaired) electrons. The fraction of sp³-hybridized carbons (Fsp3) is 0.583. The largest absolute Gasteiger partial charge is 0.396 e. The minimum atomic E-state index is -0.497. The van der Waals surface area contributed by atoms with E-state index in [-0.39, 0.29) is 12.5 Å². The van der Waals surface area contributed by atoms with E-state index in [2.05, 4.69) is 9.88 Å². The van der Waals surface area contributed by atoms with Crippen LogP contribution in [-0.2, 0) is 6.54 Å². The number of piperidine rings is 1. The van der Waals surface area contributed by atoms with Gasteiger partial charge in [0.2, 0.25) is 0 Å². The van der Waals surface area contributed by atoms with Crippen LogP contribution in [0.4, 0.5) is 0 Å². The van der Waals surface area contributed by atoms with Crippen LogP contribution in [0.5, 0.6) is 0 Å². The van der Waals surface area contributed by atoms with E-state index in [4.69, 9.17) is 28.3 Å². The predicted octanol–water partition coefficient (Wildman–Crippen LogP) is 1.56. The lowest BCUT2D eigenvalue weighted by Gasteiger charge is -2.35. The number of nitrogens with zero attached hydrogens (tertiary/aromatic N) is 2. The van der Waals surface area contributed by atoms with Gasteiger partial charge in [0.1, 0.15) is 0 Å². The zero-order valence-electron chi connectivity index (χ0n) is 9.89. The number of likely N-dealkylation sites (tertiary alicyclic amines) is 1. The number of β-amino-alcohol motifs (C(OH)–C–C–N with tert-alkyl or cyclic N) is 1. The minimum Gasteiger partial charge on any atom is -0.396 e. The Morgan fingerprint density at radius 1 is 1.33 bits per heavy atom. The summed E-state index contributed by atoms with van der Waals surface area (Å²) in [5.41, 5.74) is 0.836. The minimum absolute atomic E-state index is 0.0235. The summed E-state index contributed by atoms with van der Waals surface area (Å²) in [5, 5.41) is 20.1. The van der Waals surface area contributed by atoms with Crippen molar-refractivity contribution in [3.05, 3.63) is 28.0 Å². The van der Waals surface area contributed by atoms with Gasteiger partial charge in [-0.25, -0.2) is 0 Å². The quantitative estimate of drug-likeness (QED) is 0.887. The molecule has 0 saturated carbocycles. The van der Waals surface area contributed by atoms with Gasteiger partial charge in [-0.1, -0.05) is 23.2 Å². The Hall–Kier alpha value is -0.390. The summed E-state index contributed by atoms with van der Waals surface area (Å²) in [6.07, 6.45) is 3.42. The van der Waals surface area contributed by atoms with Crippen LogP contribution in [0.1, 0.15) is 12.0 Å². The molecule has 2 rings (SSSR count). The van der Waals surface area contributed by atoms with E-state index in [9.17, 15) is 5.11 Å². The Morgan fingerprint density at radius 3 is 2.56 bits per heavy atom. The van der Waals surface area contributed by atoms with E-state index in [0.717, 1.165) is 18.5 Å². The van der Waals surface area contributed by atoms with Crippen molar-refractivity contribution in [1.82, 2.24) is 9.88 Å². The maximum Gasteiger partial charge on any atom is 0.0717 e. The first-order valence-corrected chi connectivity index (χ1v) is 6.66. The first-order valence-electron chi connectivity index (χ1n) is 5.91. The second-order valence-corrected chi connectivity index (χ2v) is 5.43. The molecule has 0 aromatic carbocycles. The van der Waals surface area contributed by atoms with Crippen LogP contribution in [-0.4, -0.2) is 45.9 Å². The molecule has 1 aromatic rings. The third kappa shape index (κ3) is 3.13. The van der Waals surface area contributed by atoms with Crippen molar-refractivity contribution in [2.75, 3.05) is 19.7 Å². The molecule has 2 heterocycles. The molecule has 100 valence electrons. The average molecular weight is 291 g/mol. The molecule has 18 heavy (non-hydrogen) atoms.